The van der Waals surface area contributed by atoms with Gasteiger partial charge in [0.2, 0.25) is 0 Å². The van der Waals surface area contributed by atoms with Gasteiger partial charge in [0.1, 0.15) is 0 Å². The second kappa shape index (κ2) is 10.5. The molecule has 0 N–H and O–H groups in total. The van der Waals surface area contributed by atoms with Crippen LogP contribution < -0.4 is 0 Å². The summed E-state index contributed by atoms with van der Waals surface area (Å²) in [5, 5.41) is 0.277. The predicted molar refractivity (Wildman–Crippen MR) is 101 cm³/mol. The van der Waals surface area contributed by atoms with Crippen LogP contribution in [0, 0.1) is 11.8 Å². The summed E-state index contributed by atoms with van der Waals surface area (Å²) in [7, 11) is -1.61. The number of carbonyl (C=O) groups excluding carboxylic acids is 1. The molecule has 0 saturated carbocycles. The van der Waals surface area contributed by atoms with Crippen LogP contribution in [0.5, 0.6) is 0 Å². The van der Waals surface area contributed by atoms with E-state index in [1.54, 1.807) is 0 Å². The maximum Gasteiger partial charge on any atom is 0.308 e. The van der Waals surface area contributed by atoms with E-state index >= 15 is 0 Å². The van der Waals surface area contributed by atoms with E-state index in [1.807, 2.05) is 6.92 Å². The molecule has 0 aromatic heterocycles. The van der Waals surface area contributed by atoms with Crippen molar-refractivity contribution in [3.8, 4) is 0 Å². The lowest BCUT2D eigenvalue weighted by molar-refractivity contribution is -0.148. The van der Waals surface area contributed by atoms with E-state index in [1.165, 1.54) is 0 Å². The van der Waals surface area contributed by atoms with E-state index in [9.17, 15) is 4.79 Å². The monoisotopic (exact) mass is 344 g/mol. The quantitative estimate of drug-likeness (QED) is 0.270. The first kappa shape index (κ1) is 22.6. The average molecular weight is 345 g/mol. The highest BCUT2D eigenvalue weighted by atomic mass is 28.4. The van der Waals surface area contributed by atoms with Gasteiger partial charge in [0, 0.05) is 6.61 Å². The molecule has 0 fully saturated rings. The maximum atomic E-state index is 12.0. The van der Waals surface area contributed by atoms with Crippen LogP contribution in [0.3, 0.4) is 0 Å². The normalized spacial score (nSPS) is 14.1. The molecule has 4 heteroatoms. The van der Waals surface area contributed by atoms with Crippen molar-refractivity contribution in [2.24, 2.45) is 11.8 Å². The number of ether oxygens (including phenoxy) is 1. The summed E-state index contributed by atoms with van der Waals surface area (Å²) in [6.07, 6.45) is 5.17. The number of rotatable bonds is 11. The number of hydrogen-bond acceptors (Lipinski definition) is 3. The summed E-state index contributed by atoms with van der Waals surface area (Å²) in [6, 6.07) is 0. The van der Waals surface area contributed by atoms with E-state index in [4.69, 9.17) is 9.16 Å². The molecule has 0 amide bonds. The van der Waals surface area contributed by atoms with Gasteiger partial charge in [-0.05, 0) is 50.2 Å². The van der Waals surface area contributed by atoms with Crippen molar-refractivity contribution in [2.75, 3.05) is 13.2 Å². The summed E-state index contributed by atoms with van der Waals surface area (Å²) in [4.78, 5) is 12.0. The molecule has 0 spiro atoms. The molecule has 23 heavy (non-hydrogen) atoms. The summed E-state index contributed by atoms with van der Waals surface area (Å²) < 4.78 is 11.4. The van der Waals surface area contributed by atoms with Crippen LogP contribution in [0.25, 0.3) is 0 Å². The molecule has 0 aromatic rings. The van der Waals surface area contributed by atoms with Crippen LogP contribution in [-0.4, -0.2) is 27.5 Å². The highest BCUT2D eigenvalue weighted by Crippen LogP contribution is 2.36. The Morgan fingerprint density at radius 3 is 2.17 bits per heavy atom. The first-order valence-corrected chi connectivity index (χ1v) is 12.2. The third-order valence-electron chi connectivity index (χ3n) is 4.84. The number of esters is 1. The minimum atomic E-state index is -1.61. The summed E-state index contributed by atoms with van der Waals surface area (Å²) in [5.41, 5.74) is 0. The van der Waals surface area contributed by atoms with Gasteiger partial charge in [0.25, 0.3) is 0 Å². The minimum Gasteiger partial charge on any atom is -0.466 e. The first-order valence-electron chi connectivity index (χ1n) is 9.31. The second-order valence-electron chi connectivity index (χ2n) is 8.54. The van der Waals surface area contributed by atoms with E-state index in [0.717, 1.165) is 38.7 Å². The van der Waals surface area contributed by atoms with Crippen molar-refractivity contribution < 1.29 is 14.0 Å². The molecule has 0 radical (unpaired) electrons. The Hall–Kier alpha value is -0.353. The molecule has 3 nitrogen and oxygen atoms in total. The smallest absolute Gasteiger partial charge is 0.308 e. The molecule has 0 heterocycles. The number of unbranched alkanes of at least 4 members (excludes halogenated alkanes) is 2. The van der Waals surface area contributed by atoms with Crippen molar-refractivity contribution in [1.29, 1.82) is 0 Å². The van der Waals surface area contributed by atoms with Crippen LogP contribution in [-0.2, 0) is 14.0 Å². The van der Waals surface area contributed by atoms with Gasteiger partial charge in [-0.25, -0.2) is 0 Å². The van der Waals surface area contributed by atoms with Gasteiger partial charge < -0.3 is 9.16 Å². The summed E-state index contributed by atoms with van der Waals surface area (Å²) in [6.45, 7) is 19.0. The zero-order valence-electron chi connectivity index (χ0n) is 16.8. The van der Waals surface area contributed by atoms with E-state index < -0.39 is 8.32 Å². The fourth-order valence-corrected chi connectivity index (χ4v) is 3.46. The fraction of sp³-hybridized carbons (Fsp3) is 0.947. The Morgan fingerprint density at radius 2 is 1.70 bits per heavy atom. The van der Waals surface area contributed by atoms with Crippen molar-refractivity contribution in [1.82, 2.24) is 0 Å². The van der Waals surface area contributed by atoms with Gasteiger partial charge in [0.15, 0.2) is 8.32 Å². The molecular weight excluding hydrogens is 304 g/mol. The molecule has 0 rings (SSSR count). The third-order valence-corrected chi connectivity index (χ3v) is 9.38. The van der Waals surface area contributed by atoms with Crippen LogP contribution in [0.1, 0.15) is 73.6 Å². The highest BCUT2D eigenvalue weighted by Gasteiger charge is 2.36. The van der Waals surface area contributed by atoms with Crippen LogP contribution in [0.2, 0.25) is 18.1 Å². The molecule has 1 unspecified atom stereocenters. The average Bonchev–Trinajstić information content (AvgIpc) is 2.39. The van der Waals surface area contributed by atoms with E-state index in [2.05, 4.69) is 47.7 Å². The van der Waals surface area contributed by atoms with Gasteiger partial charge in [-0.15, -0.1) is 0 Å². The molecule has 0 aliphatic carbocycles. The molecule has 0 aliphatic heterocycles. The van der Waals surface area contributed by atoms with Gasteiger partial charge in [-0.3, -0.25) is 4.79 Å². The predicted octanol–water partition coefficient (Wildman–Crippen LogP) is 5.79. The SMILES string of the molecule is CCOC(=O)C(CCCCCO[Si](C)(C)C(C)(C)C)CC(C)C. The van der Waals surface area contributed by atoms with Crippen molar-refractivity contribution in [3.05, 3.63) is 0 Å². The topological polar surface area (TPSA) is 35.5 Å². The van der Waals surface area contributed by atoms with Gasteiger partial charge in [-0.2, -0.15) is 0 Å². The molecular formula is C19H40O3Si. The van der Waals surface area contributed by atoms with Crippen molar-refractivity contribution in [3.63, 3.8) is 0 Å². The van der Waals surface area contributed by atoms with Gasteiger partial charge in [0.05, 0.1) is 12.5 Å². The Morgan fingerprint density at radius 1 is 1.09 bits per heavy atom. The van der Waals surface area contributed by atoms with Crippen molar-refractivity contribution >= 4 is 14.3 Å². The molecule has 138 valence electrons. The fourth-order valence-electron chi connectivity index (χ4n) is 2.37. The standard InChI is InChI=1S/C19H40O3Si/c1-9-21-18(20)17(15-16(2)3)13-11-10-12-14-22-23(7,8)19(4,5)6/h16-17H,9-15H2,1-8H3. The zero-order valence-corrected chi connectivity index (χ0v) is 17.8. The van der Waals surface area contributed by atoms with Crippen molar-refractivity contribution in [2.45, 2.75) is 91.8 Å². The Balaban J connectivity index is 4.05. The third kappa shape index (κ3) is 9.51. The summed E-state index contributed by atoms with van der Waals surface area (Å²) >= 11 is 0. The Bertz CT molecular complexity index is 332. The number of hydrogen-bond donors (Lipinski definition) is 0. The van der Waals surface area contributed by atoms with E-state index in [0.29, 0.717) is 12.5 Å². The Labute approximate surface area is 145 Å². The Kier molecular flexibility index (Phi) is 10.3. The lowest BCUT2D eigenvalue weighted by atomic mass is 9.92. The first-order chi connectivity index (χ1) is 10.5. The number of carbonyl (C=O) groups is 1. The van der Waals surface area contributed by atoms with Gasteiger partial charge >= 0.3 is 5.97 Å². The summed E-state index contributed by atoms with van der Waals surface area (Å²) in [5.74, 6) is 0.585. The van der Waals surface area contributed by atoms with Crippen LogP contribution >= 0.6 is 0 Å². The molecule has 0 saturated heterocycles. The van der Waals surface area contributed by atoms with Crippen LogP contribution in [0.4, 0.5) is 0 Å². The molecule has 0 aromatic carbocycles. The van der Waals surface area contributed by atoms with E-state index in [-0.39, 0.29) is 16.9 Å². The second-order valence-corrected chi connectivity index (χ2v) is 13.3. The maximum absolute atomic E-state index is 12.0. The van der Waals surface area contributed by atoms with Crippen LogP contribution in [0.15, 0.2) is 0 Å². The highest BCUT2D eigenvalue weighted by molar-refractivity contribution is 6.74. The zero-order chi connectivity index (χ0) is 18.1. The molecule has 1 atom stereocenters. The molecule has 0 aliphatic rings. The largest absolute Gasteiger partial charge is 0.466 e. The lowest BCUT2D eigenvalue weighted by Gasteiger charge is -2.36. The molecule has 0 bridgehead atoms. The minimum absolute atomic E-state index is 0.0151. The van der Waals surface area contributed by atoms with Gasteiger partial charge in [-0.1, -0.05) is 47.5 Å². The lowest BCUT2D eigenvalue weighted by Crippen LogP contribution is -2.40.